The van der Waals surface area contributed by atoms with Crippen molar-refractivity contribution >= 4 is 11.8 Å². The molecule has 19 heavy (non-hydrogen) atoms. The van der Waals surface area contributed by atoms with Crippen LogP contribution in [0.3, 0.4) is 0 Å². The van der Waals surface area contributed by atoms with E-state index in [1.807, 2.05) is 32.9 Å². The molecule has 0 aliphatic heterocycles. The molecule has 0 fully saturated rings. The molecule has 1 aliphatic carbocycles. The highest BCUT2D eigenvalue weighted by atomic mass is 16.6. The largest absolute Gasteiger partial charge is 0.442 e. The summed E-state index contributed by atoms with van der Waals surface area (Å²) in [5.74, 6) is 0. The van der Waals surface area contributed by atoms with E-state index in [0.29, 0.717) is 17.7 Å². The van der Waals surface area contributed by atoms with Gasteiger partial charge in [0.1, 0.15) is 5.60 Å². The molecule has 98 valence electrons. The van der Waals surface area contributed by atoms with Crippen molar-refractivity contribution in [2.24, 2.45) is 4.99 Å². The number of ether oxygens (including phenoxy) is 1. The molecule has 0 radical (unpaired) electrons. The Labute approximate surface area is 112 Å². The zero-order valence-electron chi connectivity index (χ0n) is 11.4. The first kappa shape index (κ1) is 13.3. The summed E-state index contributed by atoms with van der Waals surface area (Å²) in [7, 11) is 0. The van der Waals surface area contributed by atoms with Crippen LogP contribution >= 0.6 is 0 Å². The van der Waals surface area contributed by atoms with Crippen LogP contribution in [0.5, 0.6) is 0 Å². The van der Waals surface area contributed by atoms with Crippen LogP contribution in [0.4, 0.5) is 4.79 Å². The molecular weight excluding hydrogens is 240 g/mol. The van der Waals surface area contributed by atoms with Crippen molar-refractivity contribution in [1.29, 1.82) is 5.26 Å². The standard InChI is InChI=1S/C15H16N2O2/c1-15(2,3)19-14(18)17-13-8-7-11-10(9-16)5-4-6-12(11)13/h4-6H,7-8H2,1-3H3. The van der Waals surface area contributed by atoms with E-state index in [9.17, 15) is 4.79 Å². The minimum Gasteiger partial charge on any atom is -0.442 e. The van der Waals surface area contributed by atoms with Crippen LogP contribution in [-0.4, -0.2) is 17.4 Å². The number of amides is 1. The van der Waals surface area contributed by atoms with Gasteiger partial charge in [0.2, 0.25) is 0 Å². The van der Waals surface area contributed by atoms with Crippen molar-refractivity contribution in [3.8, 4) is 6.07 Å². The van der Waals surface area contributed by atoms with Gasteiger partial charge in [0.05, 0.1) is 17.3 Å². The summed E-state index contributed by atoms with van der Waals surface area (Å²) in [6.45, 7) is 5.42. The fraction of sp³-hybridized carbons (Fsp3) is 0.400. The predicted octanol–water partition coefficient (Wildman–Crippen LogP) is 3.23. The first-order chi connectivity index (χ1) is 8.90. The predicted molar refractivity (Wildman–Crippen MR) is 72.2 cm³/mol. The average molecular weight is 256 g/mol. The third kappa shape index (κ3) is 3.00. The Morgan fingerprint density at radius 2 is 2.11 bits per heavy atom. The van der Waals surface area contributed by atoms with Crippen molar-refractivity contribution < 1.29 is 9.53 Å². The van der Waals surface area contributed by atoms with Gasteiger partial charge in [-0.15, -0.1) is 0 Å². The van der Waals surface area contributed by atoms with E-state index in [1.54, 1.807) is 6.07 Å². The molecule has 0 atom stereocenters. The number of aliphatic imine (C=N–C) groups is 1. The van der Waals surface area contributed by atoms with Crippen molar-refractivity contribution in [2.45, 2.75) is 39.2 Å². The number of benzene rings is 1. The topological polar surface area (TPSA) is 62.4 Å². The summed E-state index contributed by atoms with van der Waals surface area (Å²) in [6.07, 6.45) is 0.853. The van der Waals surface area contributed by atoms with Crippen LogP contribution < -0.4 is 0 Å². The second kappa shape index (κ2) is 4.85. The van der Waals surface area contributed by atoms with E-state index in [4.69, 9.17) is 10.00 Å². The number of carbonyl (C=O) groups is 1. The lowest BCUT2D eigenvalue weighted by atomic mass is 10.0. The molecule has 2 rings (SSSR count). The molecule has 1 aliphatic rings. The molecule has 0 unspecified atom stereocenters. The first-order valence-electron chi connectivity index (χ1n) is 6.23. The Bertz CT molecular complexity index is 589. The van der Waals surface area contributed by atoms with Crippen molar-refractivity contribution in [2.75, 3.05) is 0 Å². The molecule has 0 spiro atoms. The van der Waals surface area contributed by atoms with Gasteiger partial charge in [-0.2, -0.15) is 10.3 Å². The minimum atomic E-state index is -0.572. The normalized spacial score (nSPS) is 16.0. The van der Waals surface area contributed by atoms with Crippen LogP contribution in [0, 0.1) is 11.3 Å². The molecule has 0 heterocycles. The quantitative estimate of drug-likeness (QED) is 0.716. The molecule has 1 amide bonds. The Kier molecular flexibility index (Phi) is 3.39. The second-order valence-corrected chi connectivity index (χ2v) is 5.48. The third-order valence-electron chi connectivity index (χ3n) is 2.84. The Morgan fingerprint density at radius 3 is 2.74 bits per heavy atom. The lowest BCUT2D eigenvalue weighted by Gasteiger charge is -2.17. The summed E-state index contributed by atoms with van der Waals surface area (Å²) >= 11 is 0. The SMILES string of the molecule is CC(C)(C)OC(=O)N=C1CCc2c(C#N)cccc21. The Morgan fingerprint density at radius 1 is 1.37 bits per heavy atom. The summed E-state index contributed by atoms with van der Waals surface area (Å²) in [4.78, 5) is 15.7. The maximum Gasteiger partial charge on any atom is 0.434 e. The molecule has 0 N–H and O–H groups in total. The molecular formula is C15H16N2O2. The van der Waals surface area contributed by atoms with Gasteiger partial charge in [-0.1, -0.05) is 12.1 Å². The van der Waals surface area contributed by atoms with Gasteiger partial charge in [-0.25, -0.2) is 4.79 Å². The first-order valence-corrected chi connectivity index (χ1v) is 6.23. The number of carbonyl (C=O) groups excluding carboxylic acids is 1. The Hall–Kier alpha value is -2.15. The number of nitriles is 1. The number of hydrogen-bond donors (Lipinski definition) is 0. The summed E-state index contributed by atoms with van der Waals surface area (Å²) in [5, 5.41) is 9.04. The van der Waals surface area contributed by atoms with E-state index < -0.39 is 11.7 Å². The highest BCUT2D eigenvalue weighted by molar-refractivity contribution is 6.09. The maximum absolute atomic E-state index is 11.7. The van der Waals surface area contributed by atoms with Crippen LogP contribution in [0.2, 0.25) is 0 Å². The van der Waals surface area contributed by atoms with Crippen LogP contribution in [0.15, 0.2) is 23.2 Å². The number of nitrogens with zero attached hydrogens (tertiary/aromatic N) is 2. The smallest absolute Gasteiger partial charge is 0.434 e. The second-order valence-electron chi connectivity index (χ2n) is 5.48. The van der Waals surface area contributed by atoms with Gasteiger partial charge in [-0.05, 0) is 45.2 Å². The van der Waals surface area contributed by atoms with E-state index in [2.05, 4.69) is 11.1 Å². The highest BCUT2D eigenvalue weighted by Crippen LogP contribution is 2.26. The van der Waals surface area contributed by atoms with E-state index >= 15 is 0 Å². The molecule has 1 aromatic carbocycles. The average Bonchev–Trinajstić information content (AvgIpc) is 2.70. The van der Waals surface area contributed by atoms with E-state index in [1.165, 1.54) is 0 Å². The van der Waals surface area contributed by atoms with Crippen molar-refractivity contribution in [1.82, 2.24) is 0 Å². The van der Waals surface area contributed by atoms with Gasteiger partial charge in [0.15, 0.2) is 0 Å². The van der Waals surface area contributed by atoms with E-state index in [0.717, 1.165) is 17.5 Å². The molecule has 0 bridgehead atoms. The van der Waals surface area contributed by atoms with Crippen molar-refractivity contribution in [3.63, 3.8) is 0 Å². The van der Waals surface area contributed by atoms with Crippen LogP contribution in [0.1, 0.15) is 43.9 Å². The van der Waals surface area contributed by atoms with E-state index in [-0.39, 0.29) is 0 Å². The number of hydrogen-bond acceptors (Lipinski definition) is 3. The van der Waals surface area contributed by atoms with Crippen LogP contribution in [-0.2, 0) is 11.2 Å². The fourth-order valence-corrected chi connectivity index (χ4v) is 2.12. The Balaban J connectivity index is 2.28. The third-order valence-corrected chi connectivity index (χ3v) is 2.84. The monoisotopic (exact) mass is 256 g/mol. The highest BCUT2D eigenvalue weighted by Gasteiger charge is 2.23. The van der Waals surface area contributed by atoms with Gasteiger partial charge in [0, 0.05) is 5.56 Å². The van der Waals surface area contributed by atoms with Gasteiger partial charge in [-0.3, -0.25) is 0 Å². The molecule has 0 saturated carbocycles. The molecule has 0 aromatic heterocycles. The van der Waals surface area contributed by atoms with Gasteiger partial charge >= 0.3 is 6.09 Å². The molecule has 1 aromatic rings. The molecule has 0 saturated heterocycles. The lowest BCUT2D eigenvalue weighted by Crippen LogP contribution is -2.22. The van der Waals surface area contributed by atoms with Gasteiger partial charge < -0.3 is 4.74 Å². The zero-order valence-corrected chi connectivity index (χ0v) is 11.4. The van der Waals surface area contributed by atoms with Gasteiger partial charge in [0.25, 0.3) is 0 Å². The lowest BCUT2D eigenvalue weighted by molar-refractivity contribution is 0.0604. The number of rotatable bonds is 0. The zero-order chi connectivity index (χ0) is 14.0. The van der Waals surface area contributed by atoms with Crippen LogP contribution in [0.25, 0.3) is 0 Å². The summed E-state index contributed by atoms with van der Waals surface area (Å²) < 4.78 is 5.18. The molecule has 4 heteroatoms. The van der Waals surface area contributed by atoms with Crippen molar-refractivity contribution in [3.05, 3.63) is 34.9 Å². The maximum atomic E-state index is 11.7. The minimum absolute atomic E-state index is 0.545. The number of fused-ring (bicyclic) bond motifs is 1. The summed E-state index contributed by atoms with van der Waals surface area (Å²) in [5.41, 5.74) is 2.70. The fourth-order valence-electron chi connectivity index (χ4n) is 2.12. The molecule has 4 nitrogen and oxygen atoms in total. The summed E-state index contributed by atoms with van der Waals surface area (Å²) in [6, 6.07) is 7.66.